The van der Waals surface area contributed by atoms with Crippen LogP contribution >= 0.6 is 0 Å². The zero-order valence-corrected chi connectivity index (χ0v) is 32.6. The molecular formula is C48H39N7O6. The summed E-state index contributed by atoms with van der Waals surface area (Å²) in [5.74, 6) is 3.18. The number of allylic oxidation sites excluding steroid dienone is 3. The number of carbonyl (C=O) groups excluding carboxylic acids is 6. The molecule has 0 aliphatic heterocycles. The van der Waals surface area contributed by atoms with E-state index >= 15 is 0 Å². The fraction of sp³-hybridized carbons (Fsp3) is 0.0417. The number of amides is 6. The number of nitrogens with zero attached hydrogens (tertiary/aromatic N) is 1. The molecular weight excluding hydrogens is 771 g/mol. The van der Waals surface area contributed by atoms with Crippen LogP contribution in [-0.2, 0) is 0 Å². The lowest BCUT2D eigenvalue weighted by Crippen LogP contribution is -2.37. The van der Waals surface area contributed by atoms with E-state index in [1.165, 1.54) is 24.3 Å². The fourth-order valence-electron chi connectivity index (χ4n) is 6.36. The molecule has 0 unspecified atom stereocenters. The van der Waals surface area contributed by atoms with Crippen molar-refractivity contribution in [3.63, 3.8) is 0 Å². The Kier molecular flexibility index (Phi) is 12.6. The highest BCUT2D eigenvalue weighted by Crippen LogP contribution is 2.23. The van der Waals surface area contributed by atoms with E-state index in [1.807, 2.05) is 6.07 Å². The van der Waals surface area contributed by atoms with Gasteiger partial charge in [0.25, 0.3) is 35.4 Å². The van der Waals surface area contributed by atoms with E-state index in [1.54, 1.807) is 140 Å². The molecule has 1 aliphatic rings. The average Bonchev–Trinajstić information content (AvgIpc) is 3.29. The lowest BCUT2D eigenvalue weighted by Gasteiger charge is -2.18. The first-order valence-corrected chi connectivity index (χ1v) is 19.2. The third kappa shape index (κ3) is 10.6. The topological polar surface area (TPSA) is 192 Å². The summed E-state index contributed by atoms with van der Waals surface area (Å²) in [4.78, 5) is 80.2. The van der Waals surface area contributed by atoms with E-state index < -0.39 is 23.6 Å². The molecule has 0 atom stereocenters. The Labute approximate surface area is 350 Å². The minimum Gasteiger partial charge on any atom is -0.326 e. The SMILES string of the molecule is NN(C(=O)c1ccccc1)c1cccc(NC(=O)c2cc(C(=O)NC3=CCCC(NC(=O)c4ccccc4)=C3)cc(C(=O)Nc3cccc(NC(=O)c4ccccc4)c3)c2)c1. The number of benzene rings is 6. The van der Waals surface area contributed by atoms with Gasteiger partial charge in [-0.1, -0.05) is 72.8 Å². The zero-order chi connectivity index (χ0) is 42.7. The van der Waals surface area contributed by atoms with Gasteiger partial charge in [-0.3, -0.25) is 28.8 Å². The van der Waals surface area contributed by atoms with E-state index in [2.05, 4.69) is 26.6 Å². The second-order valence-electron chi connectivity index (χ2n) is 13.8. The minimum atomic E-state index is -0.660. The highest BCUT2D eigenvalue weighted by molar-refractivity contribution is 6.12. The van der Waals surface area contributed by atoms with Crippen LogP contribution in [0.5, 0.6) is 0 Å². The summed E-state index contributed by atoms with van der Waals surface area (Å²) in [6.45, 7) is 0. The van der Waals surface area contributed by atoms with Crippen molar-refractivity contribution < 1.29 is 28.8 Å². The number of carbonyl (C=O) groups is 6. The molecule has 0 radical (unpaired) electrons. The van der Waals surface area contributed by atoms with Gasteiger partial charge in [0.1, 0.15) is 0 Å². The predicted octanol–water partition coefficient (Wildman–Crippen LogP) is 7.69. The molecule has 1 aliphatic carbocycles. The molecule has 0 saturated carbocycles. The first-order chi connectivity index (χ1) is 29.6. The molecule has 6 amide bonds. The Morgan fingerprint density at radius 2 is 0.852 bits per heavy atom. The smallest absolute Gasteiger partial charge is 0.272 e. The maximum Gasteiger partial charge on any atom is 0.272 e. The van der Waals surface area contributed by atoms with Gasteiger partial charge in [0.15, 0.2) is 0 Å². The van der Waals surface area contributed by atoms with Crippen molar-refractivity contribution in [2.75, 3.05) is 21.0 Å². The molecule has 6 aromatic rings. The van der Waals surface area contributed by atoms with Crippen molar-refractivity contribution in [2.45, 2.75) is 12.8 Å². The maximum atomic E-state index is 13.9. The first-order valence-electron chi connectivity index (χ1n) is 19.2. The van der Waals surface area contributed by atoms with Crippen molar-refractivity contribution in [1.29, 1.82) is 0 Å². The standard InChI is InChI=1S/C48H39N7O6/c49-55(48(61)33-17-8-3-9-18-33)42-24-12-23-41(30-42)54-47(60)36-26-34(45(58)52-39-21-10-19-37(28-39)50-43(56)31-13-4-1-5-14-31)25-35(27-36)46(59)53-40-22-11-20-38(29-40)51-44(57)32-15-6-2-7-16-32/h1-10,12-19,21-30H,11,20,49H2,(H,50,56)(H,51,57)(H,52,58)(H,53,59)(H,54,60). The number of hydrogen-bond donors (Lipinski definition) is 6. The van der Waals surface area contributed by atoms with Gasteiger partial charge in [0, 0.05) is 61.8 Å². The predicted molar refractivity (Wildman–Crippen MR) is 234 cm³/mol. The lowest BCUT2D eigenvalue weighted by molar-refractivity contribution is 0.0959. The number of nitrogens with two attached hydrogens (primary N) is 1. The van der Waals surface area contributed by atoms with Gasteiger partial charge in [0.2, 0.25) is 0 Å². The third-order valence-corrected chi connectivity index (χ3v) is 9.43. The monoisotopic (exact) mass is 809 g/mol. The van der Waals surface area contributed by atoms with E-state index in [0.717, 1.165) is 5.01 Å². The normalized spacial score (nSPS) is 11.8. The molecule has 0 aromatic heterocycles. The summed E-state index contributed by atoms with van der Waals surface area (Å²) >= 11 is 0. The second kappa shape index (κ2) is 18.9. The van der Waals surface area contributed by atoms with Crippen LogP contribution in [0, 0.1) is 0 Å². The van der Waals surface area contributed by atoms with Crippen LogP contribution in [0.2, 0.25) is 0 Å². The average molecular weight is 810 g/mol. The Hall–Kier alpha value is -8.42. The summed E-state index contributed by atoms with van der Waals surface area (Å²) in [6, 6.07) is 42.8. The van der Waals surface area contributed by atoms with E-state index in [0.29, 0.717) is 58.0 Å². The van der Waals surface area contributed by atoms with E-state index in [4.69, 9.17) is 5.84 Å². The van der Waals surface area contributed by atoms with Gasteiger partial charge in [-0.25, -0.2) is 10.9 Å². The van der Waals surface area contributed by atoms with Gasteiger partial charge in [-0.2, -0.15) is 0 Å². The number of anilines is 4. The van der Waals surface area contributed by atoms with Crippen molar-refractivity contribution in [2.24, 2.45) is 5.84 Å². The van der Waals surface area contributed by atoms with Crippen molar-refractivity contribution in [1.82, 2.24) is 10.6 Å². The Balaban J connectivity index is 1.13. The van der Waals surface area contributed by atoms with Crippen LogP contribution < -0.4 is 37.4 Å². The quantitative estimate of drug-likeness (QED) is 0.0415. The van der Waals surface area contributed by atoms with Gasteiger partial charge in [0.05, 0.1) is 5.69 Å². The fourth-order valence-corrected chi connectivity index (χ4v) is 6.36. The number of hydrogen-bond acceptors (Lipinski definition) is 7. The van der Waals surface area contributed by atoms with Gasteiger partial charge < -0.3 is 26.6 Å². The largest absolute Gasteiger partial charge is 0.326 e. The molecule has 0 spiro atoms. The molecule has 0 fully saturated rings. The number of hydrazine groups is 1. The Morgan fingerprint density at radius 1 is 0.426 bits per heavy atom. The molecule has 0 heterocycles. The van der Waals surface area contributed by atoms with Crippen LogP contribution in [0.1, 0.15) is 75.0 Å². The van der Waals surface area contributed by atoms with Crippen LogP contribution in [0.25, 0.3) is 0 Å². The molecule has 0 bridgehead atoms. The summed E-state index contributed by atoms with van der Waals surface area (Å²) in [5, 5.41) is 15.1. The maximum absolute atomic E-state index is 13.9. The molecule has 0 saturated heterocycles. The second-order valence-corrected chi connectivity index (χ2v) is 13.8. The molecule has 61 heavy (non-hydrogen) atoms. The molecule has 13 heteroatoms. The van der Waals surface area contributed by atoms with Gasteiger partial charge >= 0.3 is 0 Å². The number of rotatable bonds is 12. The van der Waals surface area contributed by atoms with Crippen LogP contribution in [0.3, 0.4) is 0 Å². The highest BCUT2D eigenvalue weighted by atomic mass is 16.2. The molecule has 13 nitrogen and oxygen atoms in total. The summed E-state index contributed by atoms with van der Waals surface area (Å²) < 4.78 is 0. The Morgan fingerprint density at radius 3 is 1.38 bits per heavy atom. The lowest BCUT2D eigenvalue weighted by atomic mass is 10.0. The third-order valence-electron chi connectivity index (χ3n) is 9.43. The van der Waals surface area contributed by atoms with Gasteiger partial charge in [-0.05, 0) is 110 Å². The van der Waals surface area contributed by atoms with Gasteiger partial charge in [-0.15, -0.1) is 0 Å². The van der Waals surface area contributed by atoms with E-state index in [-0.39, 0.29) is 34.2 Å². The molecule has 302 valence electrons. The molecule has 7 N–H and O–H groups in total. The first kappa shape index (κ1) is 40.8. The Bertz CT molecular complexity index is 2700. The minimum absolute atomic E-state index is 0.00763. The van der Waals surface area contributed by atoms with Crippen molar-refractivity contribution >= 4 is 58.2 Å². The van der Waals surface area contributed by atoms with E-state index in [9.17, 15) is 28.8 Å². The highest BCUT2D eigenvalue weighted by Gasteiger charge is 2.20. The van der Waals surface area contributed by atoms with Crippen LogP contribution in [0.4, 0.5) is 22.7 Å². The van der Waals surface area contributed by atoms with Crippen molar-refractivity contribution in [3.05, 3.63) is 215 Å². The zero-order valence-electron chi connectivity index (χ0n) is 32.6. The van der Waals surface area contributed by atoms with Crippen molar-refractivity contribution in [3.8, 4) is 0 Å². The van der Waals surface area contributed by atoms with Crippen LogP contribution in [0.15, 0.2) is 181 Å². The number of nitrogens with one attached hydrogen (secondary N) is 5. The van der Waals surface area contributed by atoms with Crippen LogP contribution in [-0.4, -0.2) is 35.4 Å². The molecule has 6 aromatic carbocycles. The summed E-state index contributed by atoms with van der Waals surface area (Å²) in [5.41, 5.74) is 3.64. The summed E-state index contributed by atoms with van der Waals surface area (Å²) in [7, 11) is 0. The summed E-state index contributed by atoms with van der Waals surface area (Å²) in [6.07, 6.45) is 4.54. The molecule has 7 rings (SSSR count).